The molecule has 0 saturated carbocycles. The zero-order valence-electron chi connectivity index (χ0n) is 19.1. The van der Waals surface area contributed by atoms with Gasteiger partial charge in [0.15, 0.2) is 6.10 Å². The summed E-state index contributed by atoms with van der Waals surface area (Å²) in [7, 11) is 0. The minimum absolute atomic E-state index is 0.0312. The number of fused-ring (bicyclic) bond motifs is 1. The number of hydrogen-bond donors (Lipinski definition) is 1. The summed E-state index contributed by atoms with van der Waals surface area (Å²) in [5, 5.41) is 2.69. The predicted molar refractivity (Wildman–Crippen MR) is 128 cm³/mol. The lowest BCUT2D eigenvalue weighted by atomic mass is 10.1. The maximum Gasteiger partial charge on any atom is 0.306 e. The number of carbonyl (C=O) groups is 4. The first kappa shape index (κ1) is 23.7. The van der Waals surface area contributed by atoms with Crippen molar-refractivity contribution in [3.8, 4) is 11.5 Å². The van der Waals surface area contributed by atoms with E-state index in [2.05, 4.69) is 5.32 Å². The van der Waals surface area contributed by atoms with Gasteiger partial charge in [0, 0.05) is 18.7 Å². The number of carbonyl (C=O) groups excluding carboxylic acids is 4. The van der Waals surface area contributed by atoms with Gasteiger partial charge in [0.1, 0.15) is 11.5 Å². The number of hydrogen-bond acceptors (Lipinski definition) is 6. The van der Waals surface area contributed by atoms with Crippen LogP contribution in [-0.4, -0.2) is 41.2 Å². The molecule has 1 atom stereocenters. The molecule has 0 aliphatic carbocycles. The number of benzene rings is 3. The van der Waals surface area contributed by atoms with Crippen molar-refractivity contribution in [1.29, 1.82) is 0 Å². The fourth-order valence-corrected chi connectivity index (χ4v) is 3.61. The maximum absolute atomic E-state index is 12.4. The van der Waals surface area contributed by atoms with Crippen molar-refractivity contribution in [2.75, 3.05) is 11.9 Å². The highest BCUT2D eigenvalue weighted by Gasteiger charge is 2.34. The van der Waals surface area contributed by atoms with Gasteiger partial charge in [0.25, 0.3) is 17.7 Å². The van der Waals surface area contributed by atoms with E-state index in [-0.39, 0.29) is 31.2 Å². The van der Waals surface area contributed by atoms with Crippen LogP contribution in [0.3, 0.4) is 0 Å². The predicted octanol–water partition coefficient (Wildman–Crippen LogP) is 4.43. The Morgan fingerprint density at radius 1 is 0.829 bits per heavy atom. The molecule has 1 aliphatic heterocycles. The van der Waals surface area contributed by atoms with E-state index in [0.717, 1.165) is 4.90 Å². The van der Waals surface area contributed by atoms with Gasteiger partial charge in [-0.3, -0.25) is 24.1 Å². The number of anilines is 1. The summed E-state index contributed by atoms with van der Waals surface area (Å²) in [5.41, 5.74) is 1.26. The quantitative estimate of drug-likeness (QED) is 0.365. The molecule has 0 aromatic heterocycles. The molecule has 1 unspecified atom stereocenters. The Bertz CT molecular complexity index is 1210. The van der Waals surface area contributed by atoms with Crippen molar-refractivity contribution >= 4 is 29.4 Å². The second-order valence-corrected chi connectivity index (χ2v) is 7.97. The monoisotopic (exact) mass is 472 g/mol. The molecular weight excluding hydrogens is 448 g/mol. The number of para-hydroxylation sites is 1. The van der Waals surface area contributed by atoms with E-state index >= 15 is 0 Å². The zero-order valence-corrected chi connectivity index (χ0v) is 19.1. The Balaban J connectivity index is 1.20. The summed E-state index contributed by atoms with van der Waals surface area (Å²) in [5.74, 6) is -0.482. The number of amides is 3. The lowest BCUT2D eigenvalue weighted by Gasteiger charge is -2.15. The van der Waals surface area contributed by atoms with Crippen molar-refractivity contribution in [3.05, 3.63) is 90.0 Å². The smallest absolute Gasteiger partial charge is 0.306 e. The third-order valence-corrected chi connectivity index (χ3v) is 5.42. The van der Waals surface area contributed by atoms with Crippen LogP contribution < -0.4 is 10.1 Å². The normalized spacial score (nSPS) is 13.2. The van der Waals surface area contributed by atoms with Gasteiger partial charge in [-0.05, 0) is 61.9 Å². The molecule has 0 saturated heterocycles. The lowest BCUT2D eigenvalue weighted by Crippen LogP contribution is -2.32. The minimum Gasteiger partial charge on any atom is -0.457 e. The van der Waals surface area contributed by atoms with E-state index in [4.69, 9.17) is 9.47 Å². The fraction of sp³-hybridized carbons (Fsp3) is 0.185. The molecule has 178 valence electrons. The van der Waals surface area contributed by atoms with Gasteiger partial charge in [0.2, 0.25) is 0 Å². The Kier molecular flexibility index (Phi) is 7.21. The second-order valence-electron chi connectivity index (χ2n) is 7.97. The first-order valence-electron chi connectivity index (χ1n) is 11.2. The molecule has 35 heavy (non-hydrogen) atoms. The van der Waals surface area contributed by atoms with Crippen molar-refractivity contribution in [2.24, 2.45) is 0 Å². The fourth-order valence-electron chi connectivity index (χ4n) is 3.61. The second kappa shape index (κ2) is 10.6. The number of esters is 1. The minimum atomic E-state index is -1.01. The van der Waals surface area contributed by atoms with Gasteiger partial charge in [-0.2, -0.15) is 0 Å². The van der Waals surface area contributed by atoms with Crippen molar-refractivity contribution < 1.29 is 28.7 Å². The Labute approximate surface area is 202 Å². The van der Waals surface area contributed by atoms with Crippen LogP contribution in [0, 0.1) is 0 Å². The van der Waals surface area contributed by atoms with Crippen LogP contribution >= 0.6 is 0 Å². The summed E-state index contributed by atoms with van der Waals surface area (Å²) >= 11 is 0. The largest absolute Gasteiger partial charge is 0.457 e. The summed E-state index contributed by atoms with van der Waals surface area (Å²) in [6.45, 7) is 1.57. The van der Waals surface area contributed by atoms with Crippen LogP contribution in [0.25, 0.3) is 0 Å². The molecule has 3 amide bonds. The third kappa shape index (κ3) is 5.73. The Morgan fingerprint density at radius 3 is 2.03 bits per heavy atom. The molecule has 3 aromatic rings. The van der Waals surface area contributed by atoms with Gasteiger partial charge in [-0.15, -0.1) is 0 Å². The molecule has 1 heterocycles. The van der Waals surface area contributed by atoms with Crippen molar-refractivity contribution in [3.63, 3.8) is 0 Å². The highest BCUT2D eigenvalue weighted by atomic mass is 16.5. The molecule has 1 N–H and O–H groups in total. The molecular formula is C27H24N2O6. The van der Waals surface area contributed by atoms with Crippen LogP contribution in [0.1, 0.15) is 40.5 Å². The molecule has 8 nitrogen and oxygen atoms in total. The summed E-state index contributed by atoms with van der Waals surface area (Å²) < 4.78 is 10.9. The first-order chi connectivity index (χ1) is 16.9. The molecule has 3 aromatic carbocycles. The van der Waals surface area contributed by atoms with Gasteiger partial charge in [-0.25, -0.2) is 0 Å². The Hall–Kier alpha value is -4.46. The third-order valence-electron chi connectivity index (χ3n) is 5.42. The van der Waals surface area contributed by atoms with E-state index in [0.29, 0.717) is 28.3 Å². The molecule has 0 spiro atoms. The van der Waals surface area contributed by atoms with E-state index in [1.54, 1.807) is 48.5 Å². The van der Waals surface area contributed by atoms with E-state index < -0.39 is 18.0 Å². The zero-order chi connectivity index (χ0) is 24.8. The summed E-state index contributed by atoms with van der Waals surface area (Å²) in [6, 6.07) is 22.7. The Morgan fingerprint density at radius 2 is 1.40 bits per heavy atom. The van der Waals surface area contributed by atoms with Crippen LogP contribution in [0.15, 0.2) is 78.9 Å². The number of nitrogens with zero attached hydrogens (tertiary/aromatic N) is 1. The average molecular weight is 472 g/mol. The number of rotatable bonds is 9. The van der Waals surface area contributed by atoms with E-state index in [1.165, 1.54) is 6.92 Å². The van der Waals surface area contributed by atoms with Crippen molar-refractivity contribution in [2.45, 2.75) is 25.9 Å². The van der Waals surface area contributed by atoms with E-state index in [9.17, 15) is 19.2 Å². The molecule has 8 heteroatoms. The molecule has 4 rings (SSSR count). The summed E-state index contributed by atoms with van der Waals surface area (Å²) in [6.07, 6.45) is -0.806. The number of nitrogens with one attached hydrogen (secondary N) is 1. The number of ether oxygens (including phenoxy) is 2. The topological polar surface area (TPSA) is 102 Å². The molecule has 0 radical (unpaired) electrons. The van der Waals surface area contributed by atoms with E-state index in [1.807, 2.05) is 30.3 Å². The lowest BCUT2D eigenvalue weighted by molar-refractivity contribution is -0.153. The molecule has 0 bridgehead atoms. The van der Waals surface area contributed by atoms with Crippen molar-refractivity contribution in [1.82, 2.24) is 4.90 Å². The van der Waals surface area contributed by atoms with Crippen LogP contribution in [0.4, 0.5) is 5.69 Å². The average Bonchev–Trinajstić information content (AvgIpc) is 3.11. The van der Waals surface area contributed by atoms with Gasteiger partial charge in [-0.1, -0.05) is 30.3 Å². The van der Waals surface area contributed by atoms with Crippen LogP contribution in [0.2, 0.25) is 0 Å². The molecule has 1 aliphatic rings. The van der Waals surface area contributed by atoms with Gasteiger partial charge in [0.05, 0.1) is 11.1 Å². The maximum atomic E-state index is 12.4. The number of imide groups is 1. The highest BCUT2D eigenvalue weighted by molar-refractivity contribution is 6.21. The molecule has 0 fully saturated rings. The van der Waals surface area contributed by atoms with Gasteiger partial charge < -0.3 is 14.8 Å². The van der Waals surface area contributed by atoms with Gasteiger partial charge >= 0.3 is 5.97 Å². The van der Waals surface area contributed by atoms with Crippen LogP contribution in [-0.2, 0) is 14.3 Å². The first-order valence-corrected chi connectivity index (χ1v) is 11.2. The van der Waals surface area contributed by atoms with Crippen LogP contribution in [0.5, 0.6) is 11.5 Å². The standard InChI is InChI=1S/C27H24N2O6/c1-18(25(31)28-19-13-15-21(16-14-19)35-20-8-3-2-4-9-20)34-24(30)12-7-17-29-26(32)22-10-5-6-11-23(22)27(29)33/h2-6,8-11,13-16,18H,7,12,17H2,1H3,(H,28,31). The SMILES string of the molecule is CC(OC(=O)CCCN1C(=O)c2ccccc2C1=O)C(=O)Nc1ccc(Oc2ccccc2)cc1. The highest BCUT2D eigenvalue weighted by Crippen LogP contribution is 2.24. The summed E-state index contributed by atoms with van der Waals surface area (Å²) in [4.78, 5) is 50.4.